The third kappa shape index (κ3) is 3.32. The van der Waals surface area contributed by atoms with Crippen LogP contribution in [0.1, 0.15) is 59.8 Å². The molecule has 0 heteroatoms. The lowest BCUT2D eigenvalue weighted by Crippen LogP contribution is -2.22. The molecule has 0 radical (unpaired) electrons. The second kappa shape index (κ2) is 5.02. The molecule has 3 unspecified atom stereocenters. The third-order valence-electron chi connectivity index (χ3n) is 4.17. The Balaban J connectivity index is 2.00. The quantitative estimate of drug-likeness (QED) is 0.587. The number of hydrogen-bond donors (Lipinski definition) is 0. The molecule has 1 saturated carbocycles. The summed E-state index contributed by atoms with van der Waals surface area (Å²) in [5.41, 5.74) is 0. The van der Waals surface area contributed by atoms with Gasteiger partial charge in [0, 0.05) is 0 Å². The Bertz CT molecular complexity index is 130. The standard InChI is InChI=1S/C13H26/c1-10(2)11(3)6-5-7-13-9-8-12(13)4/h10-13H,5-9H2,1-4H3. The highest BCUT2D eigenvalue weighted by Crippen LogP contribution is 2.37. The molecule has 0 aromatic heterocycles. The molecule has 0 bridgehead atoms. The summed E-state index contributed by atoms with van der Waals surface area (Å²) in [5.74, 6) is 3.92. The van der Waals surface area contributed by atoms with Gasteiger partial charge < -0.3 is 0 Å². The molecule has 3 atom stereocenters. The highest BCUT2D eigenvalue weighted by molar-refractivity contribution is 4.77. The molecule has 0 nitrogen and oxygen atoms in total. The Morgan fingerprint density at radius 3 is 2.23 bits per heavy atom. The van der Waals surface area contributed by atoms with Crippen molar-refractivity contribution in [1.29, 1.82) is 0 Å². The lowest BCUT2D eigenvalue weighted by atomic mass is 9.72. The van der Waals surface area contributed by atoms with Crippen LogP contribution in [0.5, 0.6) is 0 Å². The van der Waals surface area contributed by atoms with E-state index in [1.807, 2.05) is 0 Å². The van der Waals surface area contributed by atoms with Crippen molar-refractivity contribution in [3.05, 3.63) is 0 Å². The number of hydrogen-bond acceptors (Lipinski definition) is 0. The van der Waals surface area contributed by atoms with Gasteiger partial charge in [-0.25, -0.2) is 0 Å². The SMILES string of the molecule is CC(C)C(C)CCCC1CCC1C. The second-order valence-corrected chi connectivity index (χ2v) is 5.47. The zero-order valence-electron chi connectivity index (χ0n) is 9.84. The van der Waals surface area contributed by atoms with Gasteiger partial charge in [-0.3, -0.25) is 0 Å². The lowest BCUT2D eigenvalue weighted by molar-refractivity contribution is 0.174. The molecule has 78 valence electrons. The average Bonchev–Trinajstić information content (AvgIpc) is 2.09. The lowest BCUT2D eigenvalue weighted by Gasteiger charge is -2.34. The maximum absolute atomic E-state index is 2.42. The van der Waals surface area contributed by atoms with Crippen LogP contribution in [0.15, 0.2) is 0 Å². The first-order valence-electron chi connectivity index (χ1n) is 6.11. The predicted molar refractivity (Wildman–Crippen MR) is 59.7 cm³/mol. The summed E-state index contributed by atoms with van der Waals surface area (Å²) in [6.07, 6.45) is 7.41. The Labute approximate surface area is 84.1 Å². The highest BCUT2D eigenvalue weighted by atomic mass is 14.3. The first-order valence-corrected chi connectivity index (χ1v) is 6.11. The smallest absolute Gasteiger partial charge is 0.0388 e. The minimum atomic E-state index is 0.874. The fourth-order valence-electron chi connectivity index (χ4n) is 2.20. The topological polar surface area (TPSA) is 0 Å². The van der Waals surface area contributed by atoms with Gasteiger partial charge in [0.1, 0.15) is 0 Å². The van der Waals surface area contributed by atoms with Crippen molar-refractivity contribution in [3.63, 3.8) is 0 Å². The van der Waals surface area contributed by atoms with E-state index in [0.717, 1.165) is 23.7 Å². The molecule has 0 aromatic carbocycles. The monoisotopic (exact) mass is 182 g/mol. The number of rotatable bonds is 5. The van der Waals surface area contributed by atoms with Crippen molar-refractivity contribution >= 4 is 0 Å². The van der Waals surface area contributed by atoms with Gasteiger partial charge in [-0.15, -0.1) is 0 Å². The molecule has 1 fully saturated rings. The average molecular weight is 182 g/mol. The zero-order chi connectivity index (χ0) is 9.84. The minimum absolute atomic E-state index is 0.874. The van der Waals surface area contributed by atoms with Gasteiger partial charge in [-0.05, 0) is 30.1 Å². The molecule has 0 heterocycles. The van der Waals surface area contributed by atoms with E-state index in [4.69, 9.17) is 0 Å². The fraction of sp³-hybridized carbons (Fsp3) is 1.00. The molecule has 0 spiro atoms. The van der Waals surface area contributed by atoms with E-state index in [1.165, 1.54) is 32.1 Å². The Kier molecular flexibility index (Phi) is 4.28. The molecule has 0 aromatic rings. The molecule has 0 saturated heterocycles. The Hall–Kier alpha value is 0. The van der Waals surface area contributed by atoms with E-state index in [0.29, 0.717) is 0 Å². The van der Waals surface area contributed by atoms with Crippen molar-refractivity contribution in [2.24, 2.45) is 23.7 Å². The van der Waals surface area contributed by atoms with E-state index < -0.39 is 0 Å². The maximum Gasteiger partial charge on any atom is -0.0388 e. The summed E-state index contributed by atoms with van der Waals surface area (Å²) in [4.78, 5) is 0. The summed E-state index contributed by atoms with van der Waals surface area (Å²) in [7, 11) is 0. The van der Waals surface area contributed by atoms with Crippen LogP contribution >= 0.6 is 0 Å². The van der Waals surface area contributed by atoms with Crippen molar-refractivity contribution in [2.45, 2.75) is 59.8 Å². The van der Waals surface area contributed by atoms with Gasteiger partial charge in [0.15, 0.2) is 0 Å². The normalized spacial score (nSPS) is 30.2. The van der Waals surface area contributed by atoms with E-state index >= 15 is 0 Å². The Morgan fingerprint density at radius 1 is 1.15 bits per heavy atom. The van der Waals surface area contributed by atoms with E-state index in [-0.39, 0.29) is 0 Å². The molecular formula is C13H26. The van der Waals surface area contributed by atoms with E-state index in [9.17, 15) is 0 Å². The molecular weight excluding hydrogens is 156 g/mol. The van der Waals surface area contributed by atoms with Crippen molar-refractivity contribution < 1.29 is 0 Å². The first-order chi connectivity index (χ1) is 6.11. The predicted octanol–water partition coefficient (Wildman–Crippen LogP) is 4.49. The summed E-state index contributed by atoms with van der Waals surface area (Å²) < 4.78 is 0. The minimum Gasteiger partial charge on any atom is -0.0625 e. The van der Waals surface area contributed by atoms with Crippen molar-refractivity contribution in [1.82, 2.24) is 0 Å². The molecule has 0 N–H and O–H groups in total. The molecule has 1 aliphatic carbocycles. The molecule has 0 aliphatic heterocycles. The maximum atomic E-state index is 2.42. The van der Waals surface area contributed by atoms with Crippen LogP contribution in [-0.2, 0) is 0 Å². The van der Waals surface area contributed by atoms with Crippen LogP contribution in [0.25, 0.3) is 0 Å². The van der Waals surface area contributed by atoms with Gasteiger partial charge >= 0.3 is 0 Å². The van der Waals surface area contributed by atoms with Crippen LogP contribution in [0, 0.1) is 23.7 Å². The van der Waals surface area contributed by atoms with Gasteiger partial charge in [0.05, 0.1) is 0 Å². The molecule has 13 heavy (non-hydrogen) atoms. The van der Waals surface area contributed by atoms with E-state index in [2.05, 4.69) is 27.7 Å². The molecule has 1 rings (SSSR count). The Morgan fingerprint density at radius 2 is 1.85 bits per heavy atom. The van der Waals surface area contributed by atoms with Crippen molar-refractivity contribution in [2.75, 3.05) is 0 Å². The highest BCUT2D eigenvalue weighted by Gasteiger charge is 2.25. The summed E-state index contributed by atoms with van der Waals surface area (Å²) in [6, 6.07) is 0. The molecule has 1 aliphatic rings. The van der Waals surface area contributed by atoms with Crippen LogP contribution in [0.3, 0.4) is 0 Å². The fourth-order valence-corrected chi connectivity index (χ4v) is 2.20. The summed E-state index contributed by atoms with van der Waals surface area (Å²) in [6.45, 7) is 9.50. The largest absolute Gasteiger partial charge is 0.0625 e. The summed E-state index contributed by atoms with van der Waals surface area (Å²) in [5, 5.41) is 0. The van der Waals surface area contributed by atoms with Crippen LogP contribution in [0.4, 0.5) is 0 Å². The molecule has 0 amide bonds. The zero-order valence-corrected chi connectivity index (χ0v) is 9.84. The summed E-state index contributed by atoms with van der Waals surface area (Å²) >= 11 is 0. The van der Waals surface area contributed by atoms with Gasteiger partial charge in [-0.1, -0.05) is 53.4 Å². The van der Waals surface area contributed by atoms with Gasteiger partial charge in [-0.2, -0.15) is 0 Å². The van der Waals surface area contributed by atoms with Crippen LogP contribution in [0.2, 0.25) is 0 Å². The van der Waals surface area contributed by atoms with Crippen LogP contribution in [-0.4, -0.2) is 0 Å². The van der Waals surface area contributed by atoms with Crippen molar-refractivity contribution in [3.8, 4) is 0 Å². The van der Waals surface area contributed by atoms with Gasteiger partial charge in [0.2, 0.25) is 0 Å². The second-order valence-electron chi connectivity index (χ2n) is 5.47. The first kappa shape index (κ1) is 11.1. The van der Waals surface area contributed by atoms with Crippen LogP contribution < -0.4 is 0 Å². The van der Waals surface area contributed by atoms with Gasteiger partial charge in [0.25, 0.3) is 0 Å². The third-order valence-corrected chi connectivity index (χ3v) is 4.17. The van der Waals surface area contributed by atoms with E-state index in [1.54, 1.807) is 0 Å².